The van der Waals surface area contributed by atoms with E-state index in [1.165, 1.54) is 0 Å². The minimum atomic E-state index is -0.113. The topological polar surface area (TPSA) is 54.0 Å². The van der Waals surface area contributed by atoms with Crippen LogP contribution in [0.4, 0.5) is 5.69 Å². The Hall–Kier alpha value is -3.51. The fourth-order valence-electron chi connectivity index (χ4n) is 3.74. The largest absolute Gasteiger partial charge is 0.496 e. The first-order chi connectivity index (χ1) is 16.5. The molecule has 0 unspecified atom stereocenters. The van der Waals surface area contributed by atoms with E-state index in [1.54, 1.807) is 7.11 Å². The number of likely N-dealkylation sites (N-methyl/N-ethyl adjacent to an activating group) is 1. The number of carbonyl (C=O) groups is 1. The van der Waals surface area contributed by atoms with Gasteiger partial charge in [0, 0.05) is 32.4 Å². The summed E-state index contributed by atoms with van der Waals surface area (Å²) in [6.07, 6.45) is 0. The van der Waals surface area contributed by atoms with E-state index < -0.39 is 0 Å². The van der Waals surface area contributed by atoms with Crippen LogP contribution >= 0.6 is 0 Å². The van der Waals surface area contributed by atoms with Gasteiger partial charge in [-0.1, -0.05) is 38.1 Å². The number of benzene rings is 3. The third-order valence-electron chi connectivity index (χ3n) is 5.79. The van der Waals surface area contributed by atoms with Gasteiger partial charge in [0.1, 0.15) is 17.2 Å². The fraction of sp³-hybridized carbons (Fsp3) is 0.321. The number of para-hydroxylation sites is 1. The number of rotatable bonds is 12. The number of nitrogens with zero attached hydrogens (tertiary/aromatic N) is 2. The summed E-state index contributed by atoms with van der Waals surface area (Å²) in [4.78, 5) is 17.1. The van der Waals surface area contributed by atoms with Gasteiger partial charge in [-0.25, -0.2) is 0 Å². The monoisotopic (exact) mass is 461 g/mol. The van der Waals surface area contributed by atoms with Gasteiger partial charge in [0.15, 0.2) is 0 Å². The second kappa shape index (κ2) is 12.7. The van der Waals surface area contributed by atoms with Gasteiger partial charge in [0.05, 0.1) is 12.7 Å². The van der Waals surface area contributed by atoms with Crippen molar-refractivity contribution in [1.82, 2.24) is 10.2 Å². The molecule has 0 aliphatic rings. The number of methoxy groups -OCH3 is 1. The van der Waals surface area contributed by atoms with Crippen LogP contribution in [-0.4, -0.2) is 51.1 Å². The van der Waals surface area contributed by atoms with E-state index in [0.29, 0.717) is 24.4 Å². The van der Waals surface area contributed by atoms with Crippen LogP contribution in [0.1, 0.15) is 29.8 Å². The maximum Gasteiger partial charge on any atom is 0.255 e. The average Bonchev–Trinajstić information content (AvgIpc) is 2.87. The lowest BCUT2D eigenvalue weighted by Crippen LogP contribution is -2.34. The molecule has 0 aromatic heterocycles. The molecule has 0 aliphatic carbocycles. The molecule has 6 heteroatoms. The van der Waals surface area contributed by atoms with Gasteiger partial charge in [0.25, 0.3) is 5.91 Å². The van der Waals surface area contributed by atoms with Crippen molar-refractivity contribution >= 4 is 11.6 Å². The Morgan fingerprint density at radius 2 is 1.59 bits per heavy atom. The SMILES string of the molecule is CCN(CC)CCNC(=O)c1ccc(CN(C)c2ccc(Oc3ccccc3)cc2)cc1OC. The lowest BCUT2D eigenvalue weighted by molar-refractivity contribution is 0.0946. The molecule has 1 N–H and O–H groups in total. The van der Waals surface area contributed by atoms with E-state index in [4.69, 9.17) is 9.47 Å². The zero-order valence-electron chi connectivity index (χ0n) is 20.6. The molecule has 180 valence electrons. The first kappa shape index (κ1) is 25.1. The zero-order valence-corrected chi connectivity index (χ0v) is 20.6. The van der Waals surface area contributed by atoms with Crippen LogP contribution in [0.3, 0.4) is 0 Å². The average molecular weight is 462 g/mol. The van der Waals surface area contributed by atoms with E-state index in [9.17, 15) is 4.79 Å². The van der Waals surface area contributed by atoms with E-state index in [0.717, 1.165) is 42.4 Å². The van der Waals surface area contributed by atoms with Gasteiger partial charge >= 0.3 is 0 Å². The summed E-state index contributed by atoms with van der Waals surface area (Å²) >= 11 is 0. The molecule has 0 radical (unpaired) electrons. The van der Waals surface area contributed by atoms with Crippen LogP contribution in [0.15, 0.2) is 72.8 Å². The number of ether oxygens (including phenoxy) is 2. The highest BCUT2D eigenvalue weighted by atomic mass is 16.5. The molecule has 0 atom stereocenters. The molecule has 3 aromatic carbocycles. The summed E-state index contributed by atoms with van der Waals surface area (Å²) in [5, 5.41) is 3.00. The first-order valence-electron chi connectivity index (χ1n) is 11.8. The van der Waals surface area contributed by atoms with Crippen molar-refractivity contribution in [3.8, 4) is 17.2 Å². The Morgan fingerprint density at radius 3 is 2.24 bits per heavy atom. The second-order valence-corrected chi connectivity index (χ2v) is 8.08. The van der Waals surface area contributed by atoms with Gasteiger partial charge in [-0.3, -0.25) is 4.79 Å². The molecular formula is C28H35N3O3. The molecule has 6 nitrogen and oxygen atoms in total. The van der Waals surface area contributed by atoms with Crippen molar-refractivity contribution in [2.24, 2.45) is 0 Å². The summed E-state index contributed by atoms with van der Waals surface area (Å²) in [5.41, 5.74) is 2.68. The number of carbonyl (C=O) groups excluding carboxylic acids is 1. The first-order valence-corrected chi connectivity index (χ1v) is 11.8. The predicted octanol–water partition coefficient (Wildman–Crippen LogP) is 5.20. The molecule has 0 fully saturated rings. The minimum absolute atomic E-state index is 0.113. The molecule has 0 saturated carbocycles. The zero-order chi connectivity index (χ0) is 24.3. The summed E-state index contributed by atoms with van der Waals surface area (Å²) in [5.74, 6) is 2.07. The number of anilines is 1. The highest BCUT2D eigenvalue weighted by Gasteiger charge is 2.14. The fourth-order valence-corrected chi connectivity index (χ4v) is 3.74. The summed E-state index contributed by atoms with van der Waals surface area (Å²) < 4.78 is 11.4. The van der Waals surface area contributed by atoms with E-state index in [1.807, 2.05) is 79.8 Å². The van der Waals surface area contributed by atoms with Crippen molar-refractivity contribution in [3.63, 3.8) is 0 Å². The molecule has 0 saturated heterocycles. The van der Waals surface area contributed by atoms with Crippen molar-refractivity contribution in [2.45, 2.75) is 20.4 Å². The molecule has 0 spiro atoms. The Bertz CT molecular complexity index is 1030. The van der Waals surface area contributed by atoms with Gasteiger partial charge in [-0.2, -0.15) is 0 Å². The molecule has 3 rings (SSSR count). The Labute approximate surface area is 203 Å². The standard InChI is InChI=1S/C28H35N3O3/c1-5-31(6-2)19-18-29-28(32)26-17-12-22(20-27(26)33-4)21-30(3)23-13-15-25(16-14-23)34-24-10-8-7-9-11-24/h7-17,20H,5-6,18-19,21H2,1-4H3,(H,29,32). The molecule has 0 bridgehead atoms. The molecular weight excluding hydrogens is 426 g/mol. The maximum absolute atomic E-state index is 12.7. The maximum atomic E-state index is 12.7. The van der Waals surface area contributed by atoms with E-state index in [-0.39, 0.29) is 5.91 Å². The lowest BCUT2D eigenvalue weighted by Gasteiger charge is -2.21. The molecule has 0 aliphatic heterocycles. The van der Waals surface area contributed by atoms with E-state index >= 15 is 0 Å². The lowest BCUT2D eigenvalue weighted by atomic mass is 10.1. The van der Waals surface area contributed by atoms with Crippen molar-refractivity contribution < 1.29 is 14.3 Å². The number of nitrogens with one attached hydrogen (secondary N) is 1. The normalized spacial score (nSPS) is 10.7. The van der Waals surface area contributed by atoms with Crippen LogP contribution in [0.5, 0.6) is 17.2 Å². The van der Waals surface area contributed by atoms with Crippen LogP contribution in [0.2, 0.25) is 0 Å². The Morgan fingerprint density at radius 1 is 0.912 bits per heavy atom. The van der Waals surface area contributed by atoms with Crippen molar-refractivity contribution in [3.05, 3.63) is 83.9 Å². The Balaban J connectivity index is 1.60. The molecule has 0 heterocycles. The van der Waals surface area contributed by atoms with E-state index in [2.05, 4.69) is 29.0 Å². The summed E-state index contributed by atoms with van der Waals surface area (Å²) in [7, 11) is 3.63. The molecule has 1 amide bonds. The van der Waals surface area contributed by atoms with Gasteiger partial charge < -0.3 is 24.6 Å². The smallest absolute Gasteiger partial charge is 0.255 e. The Kier molecular flexibility index (Phi) is 9.35. The van der Waals surface area contributed by atoms with Gasteiger partial charge in [-0.15, -0.1) is 0 Å². The third-order valence-corrected chi connectivity index (χ3v) is 5.79. The minimum Gasteiger partial charge on any atom is -0.496 e. The van der Waals surface area contributed by atoms with Crippen molar-refractivity contribution in [2.75, 3.05) is 45.2 Å². The van der Waals surface area contributed by atoms with Crippen LogP contribution in [-0.2, 0) is 6.54 Å². The predicted molar refractivity (Wildman–Crippen MR) is 138 cm³/mol. The quantitative estimate of drug-likeness (QED) is 0.402. The van der Waals surface area contributed by atoms with Crippen molar-refractivity contribution in [1.29, 1.82) is 0 Å². The highest BCUT2D eigenvalue weighted by molar-refractivity contribution is 5.97. The van der Waals surface area contributed by atoms with Crippen LogP contribution in [0.25, 0.3) is 0 Å². The number of amides is 1. The third kappa shape index (κ3) is 6.99. The molecule has 34 heavy (non-hydrogen) atoms. The van der Waals surface area contributed by atoms with Gasteiger partial charge in [-0.05, 0) is 67.2 Å². The summed E-state index contributed by atoms with van der Waals surface area (Å²) in [6, 6.07) is 23.5. The number of hydrogen-bond donors (Lipinski definition) is 1. The van der Waals surface area contributed by atoms with Crippen LogP contribution in [0, 0.1) is 0 Å². The van der Waals surface area contributed by atoms with Gasteiger partial charge in [0.2, 0.25) is 0 Å². The summed E-state index contributed by atoms with van der Waals surface area (Å²) in [6.45, 7) is 8.31. The second-order valence-electron chi connectivity index (χ2n) is 8.08. The van der Waals surface area contributed by atoms with Crippen LogP contribution < -0.4 is 19.7 Å². The molecule has 3 aromatic rings. The highest BCUT2D eigenvalue weighted by Crippen LogP contribution is 2.26. The number of hydrogen-bond acceptors (Lipinski definition) is 5.